The number of aromatic nitrogens is 5. The molecule has 0 radical (unpaired) electrons. The lowest BCUT2D eigenvalue weighted by Crippen LogP contribution is -2.09. The molecule has 4 aromatic heterocycles. The number of halogens is 5. The van der Waals surface area contributed by atoms with Gasteiger partial charge in [0.1, 0.15) is 6.61 Å². The van der Waals surface area contributed by atoms with Crippen LogP contribution in [-0.2, 0) is 6.54 Å². The van der Waals surface area contributed by atoms with Crippen molar-refractivity contribution in [3.8, 4) is 5.88 Å². The summed E-state index contributed by atoms with van der Waals surface area (Å²) in [4.78, 5) is 28.7. The lowest BCUT2D eigenvalue weighted by molar-refractivity contribution is 0.267. The number of hydrogen-bond donors (Lipinski definition) is 2. The molecule has 0 bridgehead atoms. The van der Waals surface area contributed by atoms with Gasteiger partial charge in [0.2, 0.25) is 5.88 Å². The molecular formula is C20H16Br2F3N5O3. The molecule has 0 amide bonds. The predicted octanol–water partition coefficient (Wildman–Crippen LogP) is 4.05. The molecule has 2 N–H and O–H groups in total. The first kappa shape index (κ1) is 26.1. The molecule has 0 aromatic carbocycles. The topological polar surface area (TPSA) is 106 Å². The number of hydrogen-bond acceptors (Lipinski definition) is 5. The van der Waals surface area contributed by atoms with E-state index in [0.717, 1.165) is 12.1 Å². The summed E-state index contributed by atoms with van der Waals surface area (Å²) in [6.07, 6.45) is 7.75. The first-order valence-corrected chi connectivity index (χ1v) is 10.6. The molecule has 0 unspecified atom stereocenters. The Kier molecular flexibility index (Phi) is 10.6. The standard InChI is InChI=1S/C10H9BrFN3O.C5H3BrFNO.C5H4FNO/c11-8-6-9(12)10(13-7-8)16-5-4-15-3-1-2-14-15;6-3-1-4(7)5(9)8-2-3;6-4-2-1-3-7-5(4)8/h1-3,6-7H,4-5H2;1-2H,(H,8,9);1-3H,(H,7,8). The van der Waals surface area contributed by atoms with Crippen molar-refractivity contribution in [1.82, 2.24) is 24.7 Å². The van der Waals surface area contributed by atoms with Crippen LogP contribution in [0.25, 0.3) is 0 Å². The Morgan fingerprint density at radius 1 is 0.970 bits per heavy atom. The predicted molar refractivity (Wildman–Crippen MR) is 121 cm³/mol. The lowest BCUT2D eigenvalue weighted by atomic mass is 10.5. The van der Waals surface area contributed by atoms with Crippen molar-refractivity contribution in [2.45, 2.75) is 6.54 Å². The second-order valence-electron chi connectivity index (χ2n) is 5.90. The maximum absolute atomic E-state index is 13.3. The average molecular weight is 591 g/mol. The minimum absolute atomic E-state index is 0.00959. The van der Waals surface area contributed by atoms with Crippen LogP contribution >= 0.6 is 31.9 Å². The number of pyridine rings is 3. The van der Waals surface area contributed by atoms with Gasteiger partial charge in [0.25, 0.3) is 11.1 Å². The van der Waals surface area contributed by atoms with Gasteiger partial charge in [-0.15, -0.1) is 0 Å². The normalized spacial score (nSPS) is 9.85. The molecule has 4 heterocycles. The monoisotopic (exact) mass is 589 g/mol. The summed E-state index contributed by atoms with van der Waals surface area (Å²) in [5, 5.41) is 4.00. The average Bonchev–Trinajstić information content (AvgIpc) is 3.29. The zero-order valence-corrected chi connectivity index (χ0v) is 19.8. The fourth-order valence-electron chi connectivity index (χ4n) is 2.01. The van der Waals surface area contributed by atoms with Crippen LogP contribution in [0.15, 0.2) is 79.9 Å². The molecule has 4 aromatic rings. The number of nitrogens with zero attached hydrogens (tertiary/aromatic N) is 3. The summed E-state index contributed by atoms with van der Waals surface area (Å²) in [7, 11) is 0. The van der Waals surface area contributed by atoms with Gasteiger partial charge < -0.3 is 14.7 Å². The molecule has 0 atom stereocenters. The van der Waals surface area contributed by atoms with Crippen molar-refractivity contribution < 1.29 is 17.9 Å². The van der Waals surface area contributed by atoms with E-state index < -0.39 is 28.6 Å². The highest BCUT2D eigenvalue weighted by atomic mass is 79.9. The first-order valence-electron chi connectivity index (χ1n) is 9.04. The fraction of sp³-hybridized carbons (Fsp3) is 0.100. The van der Waals surface area contributed by atoms with Crippen LogP contribution in [0.5, 0.6) is 5.88 Å². The molecule has 33 heavy (non-hydrogen) atoms. The fourth-order valence-corrected chi connectivity index (χ4v) is 2.63. The highest BCUT2D eigenvalue weighted by Gasteiger charge is 2.05. The second-order valence-corrected chi connectivity index (χ2v) is 7.73. The van der Waals surface area contributed by atoms with Gasteiger partial charge in [-0.2, -0.15) is 5.10 Å². The van der Waals surface area contributed by atoms with E-state index >= 15 is 0 Å². The van der Waals surface area contributed by atoms with Crippen molar-refractivity contribution in [2.24, 2.45) is 0 Å². The van der Waals surface area contributed by atoms with Crippen molar-refractivity contribution in [1.29, 1.82) is 0 Å². The van der Waals surface area contributed by atoms with Crippen molar-refractivity contribution in [3.05, 3.63) is 108 Å². The maximum atomic E-state index is 13.3. The van der Waals surface area contributed by atoms with Gasteiger partial charge in [0, 0.05) is 39.9 Å². The molecule has 13 heteroatoms. The highest BCUT2D eigenvalue weighted by Crippen LogP contribution is 2.17. The molecule has 8 nitrogen and oxygen atoms in total. The molecule has 0 saturated carbocycles. The lowest BCUT2D eigenvalue weighted by Gasteiger charge is -2.06. The summed E-state index contributed by atoms with van der Waals surface area (Å²) in [6.45, 7) is 0.886. The van der Waals surface area contributed by atoms with E-state index in [0.29, 0.717) is 22.1 Å². The summed E-state index contributed by atoms with van der Waals surface area (Å²) < 4.78 is 45.5. The highest BCUT2D eigenvalue weighted by molar-refractivity contribution is 9.10. The van der Waals surface area contributed by atoms with Gasteiger partial charge in [-0.25, -0.2) is 18.2 Å². The Balaban J connectivity index is 0.000000192. The van der Waals surface area contributed by atoms with E-state index in [1.807, 2.05) is 12.3 Å². The minimum Gasteiger partial charge on any atom is -0.474 e. The molecule has 0 saturated heterocycles. The van der Waals surface area contributed by atoms with Crippen LogP contribution in [0.1, 0.15) is 0 Å². The third-order valence-electron chi connectivity index (χ3n) is 3.49. The third kappa shape index (κ3) is 9.45. The van der Waals surface area contributed by atoms with E-state index in [1.54, 1.807) is 10.9 Å². The van der Waals surface area contributed by atoms with Crippen LogP contribution in [0, 0.1) is 17.5 Å². The van der Waals surface area contributed by atoms with Crippen LogP contribution in [0.2, 0.25) is 0 Å². The second kappa shape index (κ2) is 13.4. The van der Waals surface area contributed by atoms with Crippen LogP contribution in [0.4, 0.5) is 13.2 Å². The maximum Gasteiger partial charge on any atom is 0.284 e. The van der Waals surface area contributed by atoms with Crippen molar-refractivity contribution >= 4 is 31.9 Å². The van der Waals surface area contributed by atoms with E-state index in [9.17, 15) is 22.8 Å². The van der Waals surface area contributed by atoms with E-state index in [1.165, 1.54) is 30.7 Å². The Labute approximate surface area is 201 Å². The van der Waals surface area contributed by atoms with Gasteiger partial charge in [-0.3, -0.25) is 14.3 Å². The zero-order valence-electron chi connectivity index (χ0n) is 16.6. The molecule has 0 aliphatic heterocycles. The van der Waals surface area contributed by atoms with E-state index in [2.05, 4.69) is 51.9 Å². The van der Waals surface area contributed by atoms with Crippen LogP contribution in [0.3, 0.4) is 0 Å². The van der Waals surface area contributed by atoms with Crippen molar-refractivity contribution in [3.63, 3.8) is 0 Å². The Bertz CT molecular complexity index is 1270. The van der Waals surface area contributed by atoms with Crippen LogP contribution in [-0.4, -0.2) is 31.3 Å². The largest absolute Gasteiger partial charge is 0.474 e. The van der Waals surface area contributed by atoms with Crippen LogP contribution < -0.4 is 15.9 Å². The first-order chi connectivity index (χ1) is 15.8. The van der Waals surface area contributed by atoms with Gasteiger partial charge >= 0.3 is 0 Å². The number of aromatic amines is 2. The summed E-state index contributed by atoms with van der Waals surface area (Å²) in [5.41, 5.74) is -1.37. The van der Waals surface area contributed by atoms with E-state index in [-0.39, 0.29) is 5.88 Å². The molecule has 0 fully saturated rings. The molecule has 4 rings (SSSR count). The molecule has 0 aliphatic carbocycles. The molecule has 174 valence electrons. The SMILES string of the molecule is Fc1cc(Br)cnc1OCCn1cccn1.O=c1[nH]cc(Br)cc1F.O=c1[nH]cccc1F. The number of rotatable bonds is 4. The van der Waals surface area contributed by atoms with Crippen molar-refractivity contribution in [2.75, 3.05) is 6.61 Å². The number of ether oxygens (including phenoxy) is 1. The molecule has 0 spiro atoms. The third-order valence-corrected chi connectivity index (χ3v) is 4.38. The van der Waals surface area contributed by atoms with Gasteiger partial charge in [-0.1, -0.05) is 0 Å². The zero-order chi connectivity index (χ0) is 24.2. The van der Waals surface area contributed by atoms with E-state index in [4.69, 9.17) is 4.74 Å². The molecule has 0 aliphatic rings. The quantitative estimate of drug-likeness (QED) is 0.373. The van der Waals surface area contributed by atoms with Gasteiger partial charge in [0.15, 0.2) is 17.5 Å². The van der Waals surface area contributed by atoms with Gasteiger partial charge in [0.05, 0.1) is 6.54 Å². The molecular weight excluding hydrogens is 575 g/mol. The summed E-state index contributed by atoms with van der Waals surface area (Å²) in [5.74, 6) is -1.98. The number of nitrogens with one attached hydrogen (secondary N) is 2. The van der Waals surface area contributed by atoms with Gasteiger partial charge in [-0.05, 0) is 62.2 Å². The Morgan fingerprint density at radius 2 is 1.70 bits per heavy atom. The minimum atomic E-state index is -0.774. The summed E-state index contributed by atoms with van der Waals surface area (Å²) >= 11 is 6.11. The summed E-state index contributed by atoms with van der Waals surface area (Å²) in [6, 6.07) is 6.78. The Hall–Kier alpha value is -3.19. The smallest absolute Gasteiger partial charge is 0.284 e. The number of H-pyrrole nitrogens is 2. The Morgan fingerprint density at radius 3 is 2.24 bits per heavy atom.